The number of fused-ring (bicyclic) bond motifs is 3. The maximum atomic E-state index is 15.1. The molecule has 1 aromatic carbocycles. The third kappa shape index (κ3) is 3.20. The monoisotopic (exact) mass is 434 g/mol. The van der Waals surface area contributed by atoms with Gasteiger partial charge in [-0.1, -0.05) is 11.8 Å². The molecule has 0 spiro atoms. The number of ether oxygens (including phenoxy) is 1. The minimum atomic E-state index is -2.03. The fourth-order valence-electron chi connectivity index (χ4n) is 3.32. The van der Waals surface area contributed by atoms with Crippen molar-refractivity contribution in [1.82, 2.24) is 9.88 Å². The molecule has 1 aromatic heterocycles. The molecule has 7 nitrogen and oxygen atoms in total. The van der Waals surface area contributed by atoms with Crippen LogP contribution in [0.5, 0.6) is 5.75 Å². The Morgan fingerprint density at radius 3 is 2.80 bits per heavy atom. The van der Waals surface area contributed by atoms with E-state index in [4.69, 9.17) is 4.74 Å². The van der Waals surface area contributed by atoms with Crippen molar-refractivity contribution in [3.05, 3.63) is 33.4 Å². The maximum Gasteiger partial charge on any atom is 0.365 e. The number of carboxylic acids is 1. The zero-order chi connectivity index (χ0) is 21.8. The molecule has 2 aliphatic rings. The van der Waals surface area contributed by atoms with E-state index in [1.165, 1.54) is 24.9 Å². The Labute approximate surface area is 173 Å². The normalized spacial score (nSPS) is 25.0. The first-order chi connectivity index (χ1) is 14.0. The van der Waals surface area contributed by atoms with Crippen molar-refractivity contribution in [2.75, 3.05) is 20.2 Å². The van der Waals surface area contributed by atoms with Gasteiger partial charge in [-0.05, 0) is 13.0 Å². The van der Waals surface area contributed by atoms with Crippen molar-refractivity contribution < 1.29 is 33.3 Å². The molecule has 10 heteroatoms. The summed E-state index contributed by atoms with van der Waals surface area (Å²) in [6.45, 7) is 1.11. The van der Waals surface area contributed by atoms with Crippen LogP contribution in [0.2, 0.25) is 0 Å². The lowest BCUT2D eigenvalue weighted by molar-refractivity contribution is -0.137. The van der Waals surface area contributed by atoms with Gasteiger partial charge < -0.3 is 19.8 Å². The lowest BCUT2D eigenvalue weighted by Crippen LogP contribution is -2.37. The van der Waals surface area contributed by atoms with Gasteiger partial charge in [-0.15, -0.1) is 11.3 Å². The van der Waals surface area contributed by atoms with E-state index in [1.54, 1.807) is 0 Å². The molecule has 2 aromatic rings. The summed E-state index contributed by atoms with van der Waals surface area (Å²) in [7, 11) is 1.53. The zero-order valence-corrected chi connectivity index (χ0v) is 16.8. The van der Waals surface area contributed by atoms with Crippen LogP contribution in [0.15, 0.2) is 12.1 Å². The second kappa shape index (κ2) is 6.75. The standard InChI is InChI=1S/C20H16F2N2O5S/c1-19(22)9-29-13-8-12(21)10(3-4-20(28)5-6-24(2)18(20)27)7-11(13)14-15(19)30-16(23-14)17(25)26/h7-8,28H,5-6,9H2,1-2H3,(H,25,26)/t19?,20-/m0/s1. The number of benzene rings is 1. The summed E-state index contributed by atoms with van der Waals surface area (Å²) in [6.07, 6.45) is 0.0867. The molecule has 3 heterocycles. The molecular formula is C20H16F2N2O5S. The molecule has 1 amide bonds. The van der Waals surface area contributed by atoms with Gasteiger partial charge >= 0.3 is 5.97 Å². The number of rotatable bonds is 1. The summed E-state index contributed by atoms with van der Waals surface area (Å²) in [5.41, 5.74) is -3.88. The maximum absolute atomic E-state index is 15.1. The number of aliphatic hydroxyl groups is 1. The summed E-state index contributed by atoms with van der Waals surface area (Å²) < 4.78 is 35.1. The minimum Gasteiger partial charge on any atom is -0.489 e. The Bertz CT molecular complexity index is 1150. The van der Waals surface area contributed by atoms with Gasteiger partial charge in [-0.25, -0.2) is 18.6 Å². The minimum absolute atomic E-state index is 0.00157. The Hall–Kier alpha value is -3.03. The van der Waals surface area contributed by atoms with Crippen LogP contribution in [0.1, 0.15) is 33.6 Å². The molecule has 0 saturated carbocycles. The molecule has 2 N–H and O–H groups in total. The number of carboxylic acid groups (broad SMARTS) is 1. The molecule has 1 unspecified atom stereocenters. The van der Waals surface area contributed by atoms with Crippen LogP contribution in [0.25, 0.3) is 11.3 Å². The molecular weight excluding hydrogens is 418 g/mol. The number of hydrogen-bond acceptors (Lipinski definition) is 6. The van der Waals surface area contributed by atoms with Crippen LogP contribution in [-0.4, -0.2) is 57.8 Å². The number of carbonyl (C=O) groups excluding carboxylic acids is 1. The fourth-order valence-corrected chi connectivity index (χ4v) is 4.26. The Kier molecular flexibility index (Phi) is 4.56. The van der Waals surface area contributed by atoms with Crippen LogP contribution >= 0.6 is 11.3 Å². The SMILES string of the molecule is CN1CC[C@@](O)(C#Cc2cc3c(cc2F)OCC(C)(F)c2sc(C(=O)O)nc2-3)C1=O. The summed E-state index contributed by atoms with van der Waals surface area (Å²) in [5.74, 6) is 2.24. The van der Waals surface area contributed by atoms with E-state index in [0.29, 0.717) is 17.9 Å². The molecule has 0 aliphatic carbocycles. The summed E-state index contributed by atoms with van der Waals surface area (Å²) in [5, 5.41) is 19.4. The van der Waals surface area contributed by atoms with Gasteiger partial charge in [-0.3, -0.25) is 4.79 Å². The molecule has 156 valence electrons. The zero-order valence-electron chi connectivity index (χ0n) is 16.0. The van der Waals surface area contributed by atoms with Crippen molar-refractivity contribution in [1.29, 1.82) is 0 Å². The third-order valence-electron chi connectivity index (χ3n) is 5.02. The largest absolute Gasteiger partial charge is 0.489 e. The first kappa shape index (κ1) is 20.3. The van der Waals surface area contributed by atoms with Gasteiger partial charge in [0.15, 0.2) is 5.67 Å². The first-order valence-electron chi connectivity index (χ1n) is 8.93. The van der Waals surface area contributed by atoms with Crippen molar-refractivity contribution in [3.8, 4) is 28.8 Å². The van der Waals surface area contributed by atoms with Gasteiger partial charge in [-0.2, -0.15) is 0 Å². The highest BCUT2D eigenvalue weighted by atomic mass is 32.1. The number of carbonyl (C=O) groups is 2. The predicted molar refractivity (Wildman–Crippen MR) is 103 cm³/mol. The number of halogens is 2. The lowest BCUT2D eigenvalue weighted by atomic mass is 10.00. The van der Waals surface area contributed by atoms with Crippen LogP contribution in [0.4, 0.5) is 8.78 Å². The first-order valence-corrected chi connectivity index (χ1v) is 9.75. The molecule has 1 saturated heterocycles. The predicted octanol–water partition coefficient (Wildman–Crippen LogP) is 2.17. The number of thiazole rings is 1. The molecule has 2 atom stereocenters. The number of nitrogens with zero attached hydrogens (tertiary/aromatic N) is 2. The Morgan fingerprint density at radius 2 is 2.17 bits per heavy atom. The van der Waals surface area contributed by atoms with Crippen molar-refractivity contribution in [2.45, 2.75) is 24.6 Å². The Balaban J connectivity index is 1.84. The lowest BCUT2D eigenvalue weighted by Gasteiger charge is -2.16. The smallest absolute Gasteiger partial charge is 0.365 e. The van der Waals surface area contributed by atoms with Crippen molar-refractivity contribution in [3.63, 3.8) is 0 Å². The molecule has 4 rings (SSSR count). The molecule has 30 heavy (non-hydrogen) atoms. The highest BCUT2D eigenvalue weighted by molar-refractivity contribution is 7.14. The van der Waals surface area contributed by atoms with E-state index < -0.39 is 35.6 Å². The molecule has 0 bridgehead atoms. The van der Waals surface area contributed by atoms with Crippen LogP contribution in [0, 0.1) is 17.7 Å². The van der Waals surface area contributed by atoms with Gasteiger partial charge in [0.2, 0.25) is 10.6 Å². The average Bonchev–Trinajstić information content (AvgIpc) is 3.22. The molecule has 1 fully saturated rings. The van der Waals surface area contributed by atoms with E-state index in [9.17, 15) is 24.2 Å². The van der Waals surface area contributed by atoms with Crippen LogP contribution in [-0.2, 0) is 10.5 Å². The highest BCUT2D eigenvalue weighted by Gasteiger charge is 2.42. The van der Waals surface area contributed by atoms with E-state index >= 15 is 4.39 Å². The second-order valence-electron chi connectivity index (χ2n) is 7.40. The number of aromatic carboxylic acids is 1. The van der Waals surface area contributed by atoms with Crippen molar-refractivity contribution >= 4 is 23.2 Å². The van der Waals surface area contributed by atoms with Crippen LogP contribution < -0.4 is 4.74 Å². The quantitative estimate of drug-likeness (QED) is 0.668. The van der Waals surface area contributed by atoms with Gasteiger partial charge in [0.05, 0.1) is 16.1 Å². The number of amides is 1. The summed E-state index contributed by atoms with van der Waals surface area (Å²) in [4.78, 5) is 28.8. The van der Waals surface area contributed by atoms with Gasteiger partial charge in [0.25, 0.3) is 5.91 Å². The number of likely N-dealkylation sites (N-methyl/N-ethyl adjacent to an activating group) is 1. The van der Waals surface area contributed by atoms with Gasteiger partial charge in [0.1, 0.15) is 18.2 Å². The van der Waals surface area contributed by atoms with E-state index in [1.807, 2.05) is 0 Å². The number of likely N-dealkylation sites (tertiary alicyclic amines) is 1. The average molecular weight is 434 g/mol. The second-order valence-corrected chi connectivity index (χ2v) is 8.40. The fraction of sp³-hybridized carbons (Fsp3) is 0.350. The number of aromatic nitrogens is 1. The molecule has 0 radical (unpaired) electrons. The topological polar surface area (TPSA) is 100.0 Å². The van der Waals surface area contributed by atoms with E-state index in [2.05, 4.69) is 16.8 Å². The van der Waals surface area contributed by atoms with E-state index in [0.717, 1.165) is 6.07 Å². The van der Waals surface area contributed by atoms with Crippen molar-refractivity contribution in [2.24, 2.45) is 0 Å². The van der Waals surface area contributed by atoms with Crippen LogP contribution in [0.3, 0.4) is 0 Å². The van der Waals surface area contributed by atoms with Gasteiger partial charge in [0, 0.05) is 31.6 Å². The summed E-state index contributed by atoms with van der Waals surface area (Å²) >= 11 is 0.685. The number of alkyl halides is 1. The molecule has 2 aliphatic heterocycles. The summed E-state index contributed by atoms with van der Waals surface area (Å²) in [6, 6.07) is 2.27. The highest BCUT2D eigenvalue weighted by Crippen LogP contribution is 2.45. The Morgan fingerprint density at radius 1 is 1.43 bits per heavy atom. The number of hydrogen-bond donors (Lipinski definition) is 2. The third-order valence-corrected chi connectivity index (χ3v) is 6.30. The van der Waals surface area contributed by atoms with E-state index in [-0.39, 0.29) is 38.9 Å².